The van der Waals surface area contributed by atoms with Gasteiger partial charge in [0, 0.05) is 43.5 Å². The lowest BCUT2D eigenvalue weighted by atomic mass is 10.3. The summed E-state index contributed by atoms with van der Waals surface area (Å²) in [5, 5.41) is 11.7. The van der Waals surface area contributed by atoms with Crippen LogP contribution in [0.2, 0.25) is 0 Å². The number of nitrogens with one attached hydrogen (secondary N) is 1. The molecular formula is C18H20N6OS. The molecule has 1 aliphatic heterocycles. The average molecular weight is 368 g/mol. The van der Waals surface area contributed by atoms with Crippen LogP contribution < -0.4 is 10.2 Å². The normalized spacial score (nSPS) is 14.7. The van der Waals surface area contributed by atoms with Gasteiger partial charge in [-0.25, -0.2) is 9.97 Å². The summed E-state index contributed by atoms with van der Waals surface area (Å²) in [6, 6.07) is 11.5. The van der Waals surface area contributed by atoms with Crippen LogP contribution in [0.1, 0.15) is 0 Å². The molecule has 134 valence electrons. The van der Waals surface area contributed by atoms with Crippen molar-refractivity contribution in [1.82, 2.24) is 14.9 Å². The SMILES string of the molecule is N#CCSc1ccccc1NC(=O)CN1CCN(c2ncccn2)CC1. The van der Waals surface area contributed by atoms with Crippen molar-refractivity contribution in [3.8, 4) is 6.07 Å². The van der Waals surface area contributed by atoms with E-state index in [4.69, 9.17) is 5.26 Å². The Morgan fingerprint density at radius 2 is 1.88 bits per heavy atom. The number of hydrogen-bond acceptors (Lipinski definition) is 7. The molecule has 1 fully saturated rings. The number of piperazine rings is 1. The molecule has 1 aromatic heterocycles. The molecule has 0 atom stereocenters. The molecular weight excluding hydrogens is 348 g/mol. The zero-order valence-electron chi connectivity index (χ0n) is 14.3. The number of anilines is 2. The molecule has 2 heterocycles. The van der Waals surface area contributed by atoms with E-state index >= 15 is 0 Å². The van der Waals surface area contributed by atoms with Crippen LogP contribution in [0.5, 0.6) is 0 Å². The maximum absolute atomic E-state index is 12.4. The van der Waals surface area contributed by atoms with Gasteiger partial charge in [0.2, 0.25) is 11.9 Å². The van der Waals surface area contributed by atoms with Crippen molar-refractivity contribution in [2.24, 2.45) is 0 Å². The van der Waals surface area contributed by atoms with Gasteiger partial charge >= 0.3 is 0 Å². The molecule has 0 bridgehead atoms. The summed E-state index contributed by atoms with van der Waals surface area (Å²) < 4.78 is 0. The molecule has 1 amide bonds. The maximum Gasteiger partial charge on any atom is 0.238 e. The van der Waals surface area contributed by atoms with E-state index in [9.17, 15) is 4.79 Å². The fraction of sp³-hybridized carbons (Fsp3) is 0.333. The molecule has 0 unspecified atom stereocenters. The topological polar surface area (TPSA) is 85.2 Å². The summed E-state index contributed by atoms with van der Waals surface area (Å²) in [5.74, 6) is 1.05. The highest BCUT2D eigenvalue weighted by atomic mass is 32.2. The van der Waals surface area contributed by atoms with Crippen LogP contribution in [0.3, 0.4) is 0 Å². The molecule has 1 N–H and O–H groups in total. The zero-order chi connectivity index (χ0) is 18.2. The second-order valence-corrected chi connectivity index (χ2v) is 6.82. The minimum Gasteiger partial charge on any atom is -0.338 e. The highest BCUT2D eigenvalue weighted by molar-refractivity contribution is 7.99. The number of para-hydroxylation sites is 1. The largest absolute Gasteiger partial charge is 0.338 e. The first kappa shape index (κ1) is 18.2. The Morgan fingerprint density at radius 3 is 2.62 bits per heavy atom. The maximum atomic E-state index is 12.4. The van der Waals surface area contributed by atoms with Crippen LogP contribution in [0.4, 0.5) is 11.6 Å². The Bertz CT molecular complexity index is 771. The smallest absolute Gasteiger partial charge is 0.238 e. The third-order valence-electron chi connectivity index (χ3n) is 4.03. The van der Waals surface area contributed by atoms with Crippen molar-refractivity contribution in [2.45, 2.75) is 4.90 Å². The van der Waals surface area contributed by atoms with Crippen molar-refractivity contribution in [1.29, 1.82) is 5.26 Å². The number of nitrogens with zero attached hydrogens (tertiary/aromatic N) is 5. The van der Waals surface area contributed by atoms with Gasteiger partial charge in [-0.3, -0.25) is 9.69 Å². The van der Waals surface area contributed by atoms with Gasteiger partial charge in [-0.05, 0) is 18.2 Å². The van der Waals surface area contributed by atoms with E-state index in [-0.39, 0.29) is 5.91 Å². The number of amides is 1. The van der Waals surface area contributed by atoms with Gasteiger partial charge in [0.05, 0.1) is 24.1 Å². The van der Waals surface area contributed by atoms with Crippen LogP contribution in [-0.2, 0) is 4.79 Å². The lowest BCUT2D eigenvalue weighted by molar-refractivity contribution is -0.117. The van der Waals surface area contributed by atoms with Gasteiger partial charge in [0.15, 0.2) is 0 Å². The fourth-order valence-electron chi connectivity index (χ4n) is 2.76. The van der Waals surface area contributed by atoms with E-state index < -0.39 is 0 Å². The number of rotatable bonds is 6. The number of carbonyl (C=O) groups is 1. The molecule has 26 heavy (non-hydrogen) atoms. The van der Waals surface area contributed by atoms with Gasteiger partial charge in [0.1, 0.15) is 0 Å². The standard InChI is InChI=1S/C18H20N6OS/c19-6-13-26-16-5-2-1-4-15(16)22-17(25)14-23-9-11-24(12-10-23)18-20-7-3-8-21-18/h1-5,7-8H,9-14H2,(H,22,25). The molecule has 0 spiro atoms. The van der Waals surface area contributed by atoms with Gasteiger partial charge in [-0.15, -0.1) is 11.8 Å². The Morgan fingerprint density at radius 1 is 1.15 bits per heavy atom. The minimum absolute atomic E-state index is 0.0422. The van der Waals surface area contributed by atoms with Crippen molar-refractivity contribution in [3.05, 3.63) is 42.7 Å². The molecule has 7 nitrogen and oxygen atoms in total. The van der Waals surface area contributed by atoms with E-state index in [1.54, 1.807) is 18.5 Å². The first-order chi connectivity index (χ1) is 12.8. The highest BCUT2D eigenvalue weighted by Gasteiger charge is 2.20. The Kier molecular flexibility index (Phi) is 6.41. The molecule has 0 saturated carbocycles. The number of hydrogen-bond donors (Lipinski definition) is 1. The van der Waals surface area contributed by atoms with E-state index in [1.807, 2.05) is 24.3 Å². The highest BCUT2D eigenvalue weighted by Crippen LogP contribution is 2.26. The minimum atomic E-state index is -0.0422. The lowest BCUT2D eigenvalue weighted by Gasteiger charge is -2.34. The first-order valence-electron chi connectivity index (χ1n) is 8.39. The molecule has 3 rings (SSSR count). The quantitative estimate of drug-likeness (QED) is 0.779. The second kappa shape index (κ2) is 9.17. The van der Waals surface area contributed by atoms with Crippen molar-refractivity contribution >= 4 is 29.3 Å². The Balaban J connectivity index is 1.50. The van der Waals surface area contributed by atoms with E-state index in [0.29, 0.717) is 12.3 Å². The molecule has 0 radical (unpaired) electrons. The summed E-state index contributed by atoms with van der Waals surface area (Å²) in [5.41, 5.74) is 0.758. The van der Waals surface area contributed by atoms with Crippen LogP contribution >= 0.6 is 11.8 Å². The number of thioether (sulfide) groups is 1. The summed E-state index contributed by atoms with van der Waals surface area (Å²) in [7, 11) is 0. The summed E-state index contributed by atoms with van der Waals surface area (Å²) in [6.07, 6.45) is 3.48. The average Bonchev–Trinajstić information content (AvgIpc) is 2.68. The molecule has 1 saturated heterocycles. The number of benzene rings is 1. The predicted molar refractivity (Wildman–Crippen MR) is 102 cm³/mol. The molecule has 2 aromatic rings. The van der Waals surface area contributed by atoms with Gasteiger partial charge in [0.25, 0.3) is 0 Å². The molecule has 1 aliphatic rings. The number of carbonyl (C=O) groups excluding carboxylic acids is 1. The van der Waals surface area contributed by atoms with Gasteiger partial charge in [-0.2, -0.15) is 5.26 Å². The predicted octanol–water partition coefficient (Wildman–Crippen LogP) is 1.85. The Labute approximate surface area is 157 Å². The molecule has 1 aromatic carbocycles. The fourth-order valence-corrected chi connectivity index (χ4v) is 3.43. The first-order valence-corrected chi connectivity index (χ1v) is 9.38. The van der Waals surface area contributed by atoms with Crippen LogP contribution in [-0.4, -0.2) is 59.3 Å². The zero-order valence-corrected chi connectivity index (χ0v) is 15.2. The summed E-state index contributed by atoms with van der Waals surface area (Å²) in [6.45, 7) is 3.52. The van der Waals surface area contributed by atoms with Crippen LogP contribution in [0, 0.1) is 11.3 Å². The summed E-state index contributed by atoms with van der Waals surface area (Å²) in [4.78, 5) is 26.1. The van der Waals surface area contributed by atoms with E-state index in [0.717, 1.165) is 42.7 Å². The lowest BCUT2D eigenvalue weighted by Crippen LogP contribution is -2.49. The third-order valence-corrected chi connectivity index (χ3v) is 4.97. The van der Waals surface area contributed by atoms with E-state index in [1.165, 1.54) is 11.8 Å². The van der Waals surface area contributed by atoms with Crippen LogP contribution in [0.15, 0.2) is 47.6 Å². The van der Waals surface area contributed by atoms with E-state index in [2.05, 4.69) is 31.2 Å². The van der Waals surface area contributed by atoms with Crippen LogP contribution in [0.25, 0.3) is 0 Å². The summed E-state index contributed by atoms with van der Waals surface area (Å²) >= 11 is 1.42. The third kappa shape index (κ3) is 4.94. The molecule has 8 heteroatoms. The Hall–Kier alpha value is -2.63. The number of nitriles is 1. The van der Waals surface area contributed by atoms with Crippen molar-refractivity contribution in [3.63, 3.8) is 0 Å². The second-order valence-electron chi connectivity index (χ2n) is 5.80. The van der Waals surface area contributed by atoms with Gasteiger partial charge < -0.3 is 10.2 Å². The van der Waals surface area contributed by atoms with Crippen molar-refractivity contribution in [2.75, 3.05) is 48.7 Å². The van der Waals surface area contributed by atoms with Crippen molar-refractivity contribution < 1.29 is 4.79 Å². The molecule has 0 aliphatic carbocycles. The van der Waals surface area contributed by atoms with Gasteiger partial charge in [-0.1, -0.05) is 12.1 Å². The monoisotopic (exact) mass is 368 g/mol. The number of aromatic nitrogens is 2.